The lowest BCUT2D eigenvalue weighted by molar-refractivity contribution is -0.580. The van der Waals surface area contributed by atoms with Gasteiger partial charge >= 0.3 is 6.03 Å². The van der Waals surface area contributed by atoms with Crippen molar-refractivity contribution in [2.45, 2.75) is 18.7 Å². The average Bonchev–Trinajstić information content (AvgIpc) is 2.29. The molecule has 1 aromatic rings. The van der Waals surface area contributed by atoms with Crippen LogP contribution in [0.15, 0.2) is 29.4 Å². The Bertz CT molecular complexity index is 509. The van der Waals surface area contributed by atoms with Gasteiger partial charge in [0, 0.05) is 0 Å². The summed E-state index contributed by atoms with van der Waals surface area (Å²) in [6, 6.07) is 2.28. The van der Waals surface area contributed by atoms with Crippen molar-refractivity contribution in [3.63, 3.8) is 0 Å². The van der Waals surface area contributed by atoms with E-state index in [-0.39, 0.29) is 10.9 Å². The predicted octanol–water partition coefficient (Wildman–Crippen LogP) is 0.531. The highest BCUT2D eigenvalue weighted by Crippen LogP contribution is 2.03. The number of hydrogen-bond acceptors (Lipinski definition) is 3. The number of nitrogens with zero attached hydrogens (tertiary/aromatic N) is 2. The molecule has 1 N–H and O–H groups in total. The van der Waals surface area contributed by atoms with Crippen molar-refractivity contribution in [1.29, 1.82) is 0 Å². The van der Waals surface area contributed by atoms with Crippen molar-refractivity contribution in [2.75, 3.05) is 13.1 Å². The fraction of sp³-hybridized carbons (Fsp3) is 0.400. The van der Waals surface area contributed by atoms with Gasteiger partial charge in [0.15, 0.2) is 0 Å². The van der Waals surface area contributed by atoms with Gasteiger partial charge in [-0.2, -0.15) is 17.8 Å². The molecule has 1 heterocycles. The first kappa shape index (κ1) is 13.6. The van der Waals surface area contributed by atoms with Crippen LogP contribution in [0.3, 0.4) is 0 Å². The molecule has 0 unspecified atom stereocenters. The van der Waals surface area contributed by atoms with E-state index in [2.05, 4.69) is 0 Å². The van der Waals surface area contributed by atoms with Crippen LogP contribution in [0.25, 0.3) is 0 Å². The lowest BCUT2D eigenvalue weighted by Crippen LogP contribution is -2.52. The van der Waals surface area contributed by atoms with E-state index >= 15 is 0 Å². The quantitative estimate of drug-likeness (QED) is 0.634. The fourth-order valence-electron chi connectivity index (χ4n) is 1.38. The number of carbonyl (C=O) groups is 1. The third-order valence-corrected chi connectivity index (χ3v) is 3.16. The van der Waals surface area contributed by atoms with E-state index < -0.39 is 10.1 Å². The van der Waals surface area contributed by atoms with Gasteiger partial charge in [0.1, 0.15) is 11.1 Å². The molecule has 0 aliphatic rings. The van der Waals surface area contributed by atoms with Crippen molar-refractivity contribution in [1.82, 2.24) is 4.90 Å². The molecule has 0 aromatic carbocycles. The molecule has 0 fully saturated rings. The Balaban J connectivity index is 3.12. The largest absolute Gasteiger partial charge is 0.497 e. The van der Waals surface area contributed by atoms with Gasteiger partial charge in [-0.15, -0.1) is 0 Å². The summed E-state index contributed by atoms with van der Waals surface area (Å²) in [7, 11) is -4.29. The van der Waals surface area contributed by atoms with Gasteiger partial charge in [-0.05, 0) is 26.0 Å². The van der Waals surface area contributed by atoms with E-state index in [1.54, 1.807) is 0 Å². The summed E-state index contributed by atoms with van der Waals surface area (Å²) in [5, 5.41) is 0. The first-order valence-electron chi connectivity index (χ1n) is 5.18. The van der Waals surface area contributed by atoms with Gasteiger partial charge in [-0.3, -0.25) is 4.55 Å². The van der Waals surface area contributed by atoms with Gasteiger partial charge in [0.05, 0.1) is 19.3 Å². The SMILES string of the molecule is CCN(CC)C(=O)[n+]1cccc(S(=O)(=O)O)c1. The molecule has 0 aliphatic carbocycles. The molecular weight excluding hydrogens is 244 g/mol. The molecule has 0 radical (unpaired) electrons. The number of pyridine rings is 1. The zero-order valence-electron chi connectivity index (χ0n) is 9.70. The highest BCUT2D eigenvalue weighted by Gasteiger charge is 2.22. The molecule has 0 aliphatic heterocycles. The minimum atomic E-state index is -4.29. The van der Waals surface area contributed by atoms with Gasteiger partial charge < -0.3 is 0 Å². The Labute approximate surface area is 100 Å². The zero-order chi connectivity index (χ0) is 13.1. The molecule has 94 valence electrons. The lowest BCUT2D eigenvalue weighted by atomic mass is 10.4. The smallest absolute Gasteiger partial charge is 0.282 e. The topological polar surface area (TPSA) is 78.6 Å². The highest BCUT2D eigenvalue weighted by molar-refractivity contribution is 7.85. The second kappa shape index (κ2) is 5.24. The molecule has 6 nitrogen and oxygen atoms in total. The van der Waals surface area contributed by atoms with E-state index in [1.807, 2.05) is 13.8 Å². The Morgan fingerprint density at radius 1 is 1.41 bits per heavy atom. The predicted molar refractivity (Wildman–Crippen MR) is 60.2 cm³/mol. The molecule has 0 saturated heterocycles. The van der Waals surface area contributed by atoms with Crippen molar-refractivity contribution in [3.05, 3.63) is 24.5 Å². The molecule has 7 heteroatoms. The molecule has 1 aromatic heterocycles. The lowest BCUT2D eigenvalue weighted by Gasteiger charge is -2.10. The highest BCUT2D eigenvalue weighted by atomic mass is 32.2. The monoisotopic (exact) mass is 259 g/mol. The van der Waals surface area contributed by atoms with Crippen LogP contribution in [0, 0.1) is 0 Å². The van der Waals surface area contributed by atoms with Crippen LogP contribution in [0.4, 0.5) is 4.79 Å². The van der Waals surface area contributed by atoms with Crippen LogP contribution in [-0.2, 0) is 10.1 Å². The summed E-state index contributed by atoms with van der Waals surface area (Å²) in [5.74, 6) is 0. The summed E-state index contributed by atoms with van der Waals surface area (Å²) in [6.07, 6.45) is 2.53. The molecule has 0 atom stereocenters. The van der Waals surface area contributed by atoms with Crippen molar-refractivity contribution >= 4 is 16.1 Å². The molecule has 0 spiro atoms. The van der Waals surface area contributed by atoms with Crippen LogP contribution >= 0.6 is 0 Å². The van der Waals surface area contributed by atoms with Crippen LogP contribution in [0.1, 0.15) is 13.8 Å². The summed E-state index contributed by atoms with van der Waals surface area (Å²) in [4.78, 5) is 13.1. The second-order valence-electron chi connectivity index (χ2n) is 3.38. The first-order chi connectivity index (χ1) is 7.90. The Morgan fingerprint density at radius 3 is 2.47 bits per heavy atom. The maximum absolute atomic E-state index is 11.9. The molecule has 1 amide bonds. The Hall–Kier alpha value is -1.47. The molecule has 0 bridgehead atoms. The van der Waals surface area contributed by atoms with Crippen LogP contribution in [-0.4, -0.2) is 37.0 Å². The van der Waals surface area contributed by atoms with Crippen molar-refractivity contribution in [3.8, 4) is 0 Å². The van der Waals surface area contributed by atoms with Crippen molar-refractivity contribution in [2.24, 2.45) is 0 Å². The third kappa shape index (κ3) is 3.24. The number of carbonyl (C=O) groups excluding carboxylic acids is 1. The number of hydrogen-bond donors (Lipinski definition) is 1. The maximum Gasteiger partial charge on any atom is 0.497 e. The number of aromatic nitrogens is 1. The van der Waals surface area contributed by atoms with E-state index in [1.165, 1.54) is 23.2 Å². The van der Waals surface area contributed by atoms with E-state index in [4.69, 9.17) is 4.55 Å². The Morgan fingerprint density at radius 2 is 2.00 bits per heavy atom. The fourth-order valence-corrected chi connectivity index (χ4v) is 1.88. The van der Waals surface area contributed by atoms with Gasteiger partial charge in [0.2, 0.25) is 0 Å². The third-order valence-electron chi connectivity index (χ3n) is 2.33. The van der Waals surface area contributed by atoms with E-state index in [9.17, 15) is 13.2 Å². The van der Waals surface area contributed by atoms with E-state index in [0.29, 0.717) is 13.1 Å². The van der Waals surface area contributed by atoms with Gasteiger partial charge in [-0.25, -0.2) is 4.90 Å². The summed E-state index contributed by atoms with van der Waals surface area (Å²) in [6.45, 7) is 4.71. The summed E-state index contributed by atoms with van der Waals surface area (Å²) >= 11 is 0. The standard InChI is InChI=1S/C10H14N2O4S/c1-3-11(4-2)10(13)12-7-5-6-9(8-12)17(14,15)16/h5-8H,3-4H2,1-2H3/p+1. The van der Waals surface area contributed by atoms with E-state index in [0.717, 1.165) is 10.8 Å². The molecule has 17 heavy (non-hydrogen) atoms. The Kier molecular flexibility index (Phi) is 4.19. The average molecular weight is 259 g/mol. The maximum atomic E-state index is 11.9. The summed E-state index contributed by atoms with van der Waals surface area (Å²) < 4.78 is 31.9. The van der Waals surface area contributed by atoms with Crippen LogP contribution in [0.2, 0.25) is 0 Å². The first-order valence-corrected chi connectivity index (χ1v) is 6.62. The normalized spacial score (nSPS) is 11.2. The van der Waals surface area contributed by atoms with Crippen LogP contribution < -0.4 is 4.57 Å². The summed E-state index contributed by atoms with van der Waals surface area (Å²) in [5.41, 5.74) is 0. The molecule has 1 rings (SSSR count). The number of rotatable bonds is 3. The molecular formula is C10H15N2O4S+. The molecule has 0 saturated carbocycles. The van der Waals surface area contributed by atoms with Gasteiger partial charge in [-0.1, -0.05) is 0 Å². The zero-order valence-corrected chi connectivity index (χ0v) is 10.5. The minimum absolute atomic E-state index is 0.305. The van der Waals surface area contributed by atoms with Crippen LogP contribution in [0.5, 0.6) is 0 Å². The second-order valence-corrected chi connectivity index (χ2v) is 4.80. The number of amides is 1. The minimum Gasteiger partial charge on any atom is -0.282 e. The van der Waals surface area contributed by atoms with Crippen molar-refractivity contribution < 1.29 is 22.3 Å². The van der Waals surface area contributed by atoms with Gasteiger partial charge in [0.25, 0.3) is 10.1 Å².